The zero-order valence-corrected chi connectivity index (χ0v) is 3.54. The summed E-state index contributed by atoms with van der Waals surface area (Å²) in [6.07, 6.45) is -3.78. The van der Waals surface area contributed by atoms with Gasteiger partial charge < -0.3 is 0 Å². The Balaban J connectivity index is 3.87. The van der Waals surface area contributed by atoms with E-state index in [4.69, 9.17) is 4.79 Å². The van der Waals surface area contributed by atoms with E-state index in [-0.39, 0.29) is 0 Å². The maximum atomic E-state index is 10.9. The lowest BCUT2D eigenvalue weighted by molar-refractivity contribution is -0.0696. The van der Waals surface area contributed by atoms with Crippen LogP contribution in [-0.4, -0.2) is 12.5 Å². The van der Waals surface area contributed by atoms with Crippen molar-refractivity contribution in [1.82, 2.24) is 0 Å². The summed E-state index contributed by atoms with van der Waals surface area (Å²) < 4.78 is 32.7. The van der Waals surface area contributed by atoms with Crippen LogP contribution in [0.4, 0.5) is 13.2 Å². The number of carbonyl (C=O) groups excluding carboxylic acids is 1. The van der Waals surface area contributed by atoms with E-state index in [0.717, 1.165) is 12.2 Å². The summed E-state index contributed by atoms with van der Waals surface area (Å²) in [5.74, 6) is 1.81. The highest BCUT2D eigenvalue weighted by Crippen LogP contribution is 2.11. The van der Waals surface area contributed by atoms with Crippen LogP contribution in [0.5, 0.6) is 0 Å². The van der Waals surface area contributed by atoms with Crippen LogP contribution in [0.1, 0.15) is 0 Å². The molecular formula is C4F3O. The highest BCUT2D eigenvalue weighted by atomic mass is 19.4. The maximum absolute atomic E-state index is 10.9. The Kier molecular flexibility index (Phi) is 2.07. The summed E-state index contributed by atoms with van der Waals surface area (Å²) in [5, 5.41) is 0. The minimum absolute atomic E-state index is 0.698. The normalized spacial score (nSPS) is 9.38. The quantitative estimate of drug-likeness (QED) is 0.430. The highest BCUT2D eigenvalue weighted by molar-refractivity contribution is 5.73. The first-order valence-electron chi connectivity index (χ1n) is 1.52. The predicted octanol–water partition coefficient (Wildman–Crippen LogP) is 0.662. The summed E-state index contributed by atoms with van der Waals surface area (Å²) in [4.78, 5) is 9.05. The molecule has 0 aliphatic carbocycles. The second-order valence-corrected chi connectivity index (χ2v) is 0.850. The van der Waals surface area contributed by atoms with Gasteiger partial charge >= 0.3 is 6.18 Å². The highest BCUT2D eigenvalue weighted by Gasteiger charge is 2.22. The van der Waals surface area contributed by atoms with Crippen LogP contribution in [-0.2, 0) is 4.79 Å². The molecule has 0 atom stereocenters. The Morgan fingerprint density at radius 2 is 1.75 bits per heavy atom. The average Bonchev–Trinajstić information content (AvgIpc) is 1.59. The molecule has 4 heteroatoms. The molecule has 0 amide bonds. The first kappa shape index (κ1) is 7.02. The van der Waals surface area contributed by atoms with Gasteiger partial charge in [0, 0.05) is 5.92 Å². The Morgan fingerprint density at radius 3 is 1.88 bits per heavy atom. The second kappa shape index (κ2) is 2.36. The van der Waals surface area contributed by atoms with Crippen molar-refractivity contribution >= 4 is 6.29 Å². The molecule has 0 saturated carbocycles. The molecule has 0 bridgehead atoms. The third-order valence-corrected chi connectivity index (χ3v) is 0.255. The molecule has 0 aromatic rings. The lowest BCUT2D eigenvalue weighted by Crippen LogP contribution is -2.01. The molecule has 0 aromatic carbocycles. The van der Waals surface area contributed by atoms with Crippen LogP contribution in [0.2, 0.25) is 0 Å². The molecule has 0 aliphatic rings. The fourth-order valence-corrected chi connectivity index (χ4v) is 0.0964. The second-order valence-electron chi connectivity index (χ2n) is 0.850. The molecule has 1 radical (unpaired) electrons. The molecule has 8 heavy (non-hydrogen) atoms. The van der Waals surface area contributed by atoms with Gasteiger partial charge in [0.15, 0.2) is 0 Å². The molecule has 0 spiro atoms. The fraction of sp³-hybridized carbons (Fsp3) is 0.250. The van der Waals surface area contributed by atoms with Gasteiger partial charge in [-0.25, -0.2) is 0 Å². The molecule has 0 unspecified atom stereocenters. The van der Waals surface area contributed by atoms with E-state index in [1.807, 2.05) is 0 Å². The summed E-state index contributed by atoms with van der Waals surface area (Å²) in [6, 6.07) is 0. The lowest BCUT2D eigenvalue weighted by Gasteiger charge is -1.88. The number of halogens is 3. The number of alkyl halides is 3. The summed E-state index contributed by atoms with van der Waals surface area (Å²) in [7, 11) is 0. The van der Waals surface area contributed by atoms with Gasteiger partial charge in [0.2, 0.25) is 0 Å². The van der Waals surface area contributed by atoms with Gasteiger partial charge in [0.25, 0.3) is 6.29 Å². The molecule has 0 saturated heterocycles. The summed E-state index contributed by atoms with van der Waals surface area (Å²) >= 11 is 0. The Hall–Kier alpha value is -0.980. The van der Waals surface area contributed by atoms with E-state index in [1.165, 1.54) is 0 Å². The molecule has 0 rings (SSSR count). The standard InChI is InChI=1S/C4F3O/c5-4(6,7)2-1-3-8. The van der Waals surface area contributed by atoms with Crippen LogP contribution in [0.25, 0.3) is 0 Å². The van der Waals surface area contributed by atoms with Crippen LogP contribution in [0, 0.1) is 11.8 Å². The smallest absolute Gasteiger partial charge is 0.275 e. The molecule has 0 fully saturated rings. The monoisotopic (exact) mass is 121 g/mol. The van der Waals surface area contributed by atoms with E-state index in [0.29, 0.717) is 5.92 Å². The van der Waals surface area contributed by atoms with Crippen molar-refractivity contribution in [3.63, 3.8) is 0 Å². The van der Waals surface area contributed by atoms with E-state index < -0.39 is 6.18 Å². The summed E-state index contributed by atoms with van der Waals surface area (Å²) in [6.45, 7) is 0. The van der Waals surface area contributed by atoms with Crippen LogP contribution >= 0.6 is 0 Å². The lowest BCUT2D eigenvalue weighted by atomic mass is 10.6. The topological polar surface area (TPSA) is 17.1 Å². The van der Waals surface area contributed by atoms with E-state index in [1.54, 1.807) is 0 Å². The van der Waals surface area contributed by atoms with E-state index >= 15 is 0 Å². The minimum atomic E-state index is -4.57. The Labute approximate surface area is 43.5 Å². The summed E-state index contributed by atoms with van der Waals surface area (Å²) in [5.41, 5.74) is 0. The molecule has 0 heterocycles. The van der Waals surface area contributed by atoms with Gasteiger partial charge in [-0.15, -0.1) is 0 Å². The van der Waals surface area contributed by atoms with E-state index in [2.05, 4.69) is 0 Å². The van der Waals surface area contributed by atoms with Gasteiger partial charge in [-0.3, -0.25) is 4.79 Å². The van der Waals surface area contributed by atoms with E-state index in [9.17, 15) is 13.2 Å². The third-order valence-electron chi connectivity index (χ3n) is 0.255. The van der Waals surface area contributed by atoms with Gasteiger partial charge in [-0.2, -0.15) is 13.2 Å². The molecule has 0 N–H and O–H groups in total. The third kappa shape index (κ3) is 5.02. The number of hydrogen-bond acceptors (Lipinski definition) is 1. The van der Waals surface area contributed by atoms with Gasteiger partial charge in [0.05, 0.1) is 0 Å². The molecule has 1 nitrogen and oxygen atoms in total. The minimum Gasteiger partial charge on any atom is -0.275 e. The zero-order chi connectivity index (χ0) is 6.62. The van der Waals surface area contributed by atoms with Crippen molar-refractivity contribution < 1.29 is 18.0 Å². The SMILES string of the molecule is O=[C]C#CC(F)(F)F. The van der Waals surface area contributed by atoms with Crippen LogP contribution < -0.4 is 0 Å². The van der Waals surface area contributed by atoms with Gasteiger partial charge in [-0.05, 0) is 5.92 Å². The van der Waals surface area contributed by atoms with Crippen molar-refractivity contribution in [2.45, 2.75) is 6.18 Å². The molecule has 0 aromatic heterocycles. The van der Waals surface area contributed by atoms with Crippen molar-refractivity contribution in [3.8, 4) is 11.8 Å². The maximum Gasteiger partial charge on any atom is 0.458 e. The Bertz CT molecular complexity index is 136. The van der Waals surface area contributed by atoms with Gasteiger partial charge in [-0.1, -0.05) is 0 Å². The van der Waals surface area contributed by atoms with Crippen molar-refractivity contribution in [2.24, 2.45) is 0 Å². The van der Waals surface area contributed by atoms with Crippen LogP contribution in [0.3, 0.4) is 0 Å². The fourth-order valence-electron chi connectivity index (χ4n) is 0.0964. The first-order valence-corrected chi connectivity index (χ1v) is 1.52. The first-order chi connectivity index (χ1) is 3.56. The largest absolute Gasteiger partial charge is 0.458 e. The van der Waals surface area contributed by atoms with Crippen molar-refractivity contribution in [2.75, 3.05) is 0 Å². The van der Waals surface area contributed by atoms with Crippen molar-refractivity contribution in [1.29, 1.82) is 0 Å². The average molecular weight is 121 g/mol. The molecule has 43 valence electrons. The van der Waals surface area contributed by atoms with Crippen molar-refractivity contribution in [3.05, 3.63) is 0 Å². The Morgan fingerprint density at radius 1 is 1.25 bits per heavy atom. The van der Waals surface area contributed by atoms with Gasteiger partial charge in [0.1, 0.15) is 0 Å². The molecule has 0 aliphatic heterocycles. The zero-order valence-electron chi connectivity index (χ0n) is 3.54. The van der Waals surface area contributed by atoms with Crippen LogP contribution in [0.15, 0.2) is 0 Å². The molecular weight excluding hydrogens is 121 g/mol. The predicted molar refractivity (Wildman–Crippen MR) is 19.5 cm³/mol. The number of hydrogen-bond donors (Lipinski definition) is 0. The number of rotatable bonds is 0.